The second-order valence-electron chi connectivity index (χ2n) is 11.5. The van der Waals surface area contributed by atoms with Gasteiger partial charge in [0, 0.05) is 51.5 Å². The van der Waals surface area contributed by atoms with Gasteiger partial charge < -0.3 is 30.0 Å². The number of para-hydroxylation sites is 2. The Morgan fingerprint density at radius 3 is 2.61 bits per heavy atom. The van der Waals surface area contributed by atoms with Crippen LogP contribution in [0.2, 0.25) is 0 Å². The number of fused-ring (bicyclic) bond motifs is 2. The van der Waals surface area contributed by atoms with E-state index in [0.29, 0.717) is 32.6 Å². The van der Waals surface area contributed by atoms with Gasteiger partial charge in [0.25, 0.3) is 0 Å². The first-order valence-electron chi connectivity index (χ1n) is 14.9. The molecule has 6 rings (SSSR count). The topological polar surface area (TPSA) is 112 Å². The number of imidazole rings is 1. The lowest BCUT2D eigenvalue weighted by Gasteiger charge is -2.33. The lowest BCUT2D eigenvalue weighted by atomic mass is 9.95. The fourth-order valence-corrected chi connectivity index (χ4v) is 6.09. The third-order valence-corrected chi connectivity index (χ3v) is 8.16. The Kier molecular flexibility index (Phi) is 8.22. The minimum Gasteiger partial charge on any atom is -0.395 e. The number of rotatable bonds is 9. The van der Waals surface area contributed by atoms with Gasteiger partial charge in [0.1, 0.15) is 5.82 Å². The number of nitrogens with two attached hydrogens (primary N) is 1. The van der Waals surface area contributed by atoms with Crippen LogP contribution in [0.3, 0.4) is 0 Å². The molecule has 0 aliphatic carbocycles. The first-order valence-corrected chi connectivity index (χ1v) is 14.9. The molecule has 1 fully saturated rings. The molecule has 0 saturated carbocycles. The van der Waals surface area contributed by atoms with E-state index in [1.807, 2.05) is 53.4 Å². The number of piperidine rings is 1. The summed E-state index contributed by atoms with van der Waals surface area (Å²) in [5.74, 6) is 0.984. The first kappa shape index (κ1) is 29.6. The summed E-state index contributed by atoms with van der Waals surface area (Å²) in [5, 5.41) is 2.87. The molecule has 11 heteroatoms. The van der Waals surface area contributed by atoms with Crippen molar-refractivity contribution in [2.45, 2.75) is 57.4 Å². The predicted octanol–water partition coefficient (Wildman–Crippen LogP) is 4.83. The number of amides is 2. The Morgan fingerprint density at radius 1 is 1.07 bits per heavy atom. The van der Waals surface area contributed by atoms with Gasteiger partial charge >= 0.3 is 6.29 Å². The molecule has 230 valence electrons. The van der Waals surface area contributed by atoms with Gasteiger partial charge in [-0.15, -0.1) is 8.78 Å². The van der Waals surface area contributed by atoms with E-state index >= 15 is 0 Å². The highest BCUT2D eigenvalue weighted by molar-refractivity contribution is 5.78. The zero-order chi connectivity index (χ0) is 30.8. The fourth-order valence-electron chi connectivity index (χ4n) is 6.09. The molecule has 1 saturated heterocycles. The molecular formula is C33H35F2N5O4. The molecule has 3 aromatic carbocycles. The molecule has 3 heterocycles. The number of carbonyl (C=O) groups is 2. The van der Waals surface area contributed by atoms with Crippen LogP contribution in [0.15, 0.2) is 66.7 Å². The van der Waals surface area contributed by atoms with Crippen LogP contribution in [-0.4, -0.2) is 58.2 Å². The molecule has 0 bridgehead atoms. The molecular weight excluding hydrogens is 568 g/mol. The molecule has 9 nitrogen and oxygen atoms in total. The summed E-state index contributed by atoms with van der Waals surface area (Å²) in [7, 11) is 0. The van der Waals surface area contributed by atoms with Crippen molar-refractivity contribution in [3.8, 4) is 22.6 Å². The van der Waals surface area contributed by atoms with E-state index in [9.17, 15) is 18.4 Å². The second kappa shape index (κ2) is 12.2. The number of ether oxygens (including phenoxy) is 2. The van der Waals surface area contributed by atoms with Crippen LogP contribution >= 0.6 is 0 Å². The summed E-state index contributed by atoms with van der Waals surface area (Å²) in [6, 6.07) is 20.0. The number of nitrogens with one attached hydrogen (secondary N) is 1. The molecule has 0 radical (unpaired) electrons. The van der Waals surface area contributed by atoms with E-state index in [1.54, 1.807) is 6.07 Å². The third-order valence-electron chi connectivity index (χ3n) is 8.16. The van der Waals surface area contributed by atoms with Crippen molar-refractivity contribution in [3.63, 3.8) is 0 Å². The van der Waals surface area contributed by atoms with Crippen molar-refractivity contribution in [2.24, 2.45) is 5.73 Å². The van der Waals surface area contributed by atoms with Crippen LogP contribution in [0.1, 0.15) is 43.5 Å². The summed E-state index contributed by atoms with van der Waals surface area (Å²) >= 11 is 0. The number of benzene rings is 3. The minimum atomic E-state index is -3.65. The smallest absolute Gasteiger partial charge is 0.395 e. The molecule has 44 heavy (non-hydrogen) atoms. The maximum Gasteiger partial charge on any atom is 0.586 e. The summed E-state index contributed by atoms with van der Waals surface area (Å²) in [4.78, 5) is 31.6. The Balaban J connectivity index is 1.07. The SMILES string of the molecule is CC(=O)NCCn1c([C@@H]2CCCN(C(=O)C[C@H](N)Cc3ccc(-c4ccc5c(c4)OC(F)(F)O5)cc3)C2)nc2ccccc21. The van der Waals surface area contributed by atoms with Crippen molar-refractivity contribution in [1.82, 2.24) is 19.8 Å². The van der Waals surface area contributed by atoms with Gasteiger partial charge in [0.15, 0.2) is 11.5 Å². The van der Waals surface area contributed by atoms with Crippen molar-refractivity contribution in [1.29, 1.82) is 0 Å². The van der Waals surface area contributed by atoms with Crippen LogP contribution < -0.4 is 20.5 Å². The third kappa shape index (κ3) is 6.52. The van der Waals surface area contributed by atoms with E-state index in [-0.39, 0.29) is 41.7 Å². The molecule has 3 N–H and O–H groups in total. The highest BCUT2D eigenvalue weighted by Gasteiger charge is 2.43. The largest absolute Gasteiger partial charge is 0.586 e. The molecule has 2 aliphatic heterocycles. The lowest BCUT2D eigenvalue weighted by molar-refractivity contribution is -0.286. The summed E-state index contributed by atoms with van der Waals surface area (Å²) in [6.07, 6.45) is -1.10. The van der Waals surface area contributed by atoms with E-state index in [0.717, 1.165) is 46.4 Å². The van der Waals surface area contributed by atoms with Gasteiger partial charge in [0.2, 0.25) is 11.8 Å². The maximum absolute atomic E-state index is 13.4. The Labute approximate surface area is 253 Å². The normalized spacial score (nSPS) is 17.9. The highest BCUT2D eigenvalue weighted by Crippen LogP contribution is 2.43. The van der Waals surface area contributed by atoms with Crippen LogP contribution in [0.4, 0.5) is 8.78 Å². The van der Waals surface area contributed by atoms with Gasteiger partial charge in [-0.2, -0.15) is 0 Å². The zero-order valence-electron chi connectivity index (χ0n) is 24.5. The molecule has 1 aromatic heterocycles. The van der Waals surface area contributed by atoms with Crippen LogP contribution in [0.25, 0.3) is 22.2 Å². The minimum absolute atomic E-state index is 0.000646. The Hall–Kier alpha value is -4.51. The van der Waals surface area contributed by atoms with Crippen molar-refractivity contribution in [3.05, 3.63) is 78.1 Å². The van der Waals surface area contributed by atoms with Gasteiger partial charge in [-0.3, -0.25) is 9.59 Å². The summed E-state index contributed by atoms with van der Waals surface area (Å²) in [5.41, 5.74) is 10.9. The molecule has 4 aromatic rings. The molecule has 2 atom stereocenters. The van der Waals surface area contributed by atoms with Crippen LogP contribution in [-0.2, 0) is 22.6 Å². The Morgan fingerprint density at radius 2 is 1.82 bits per heavy atom. The summed E-state index contributed by atoms with van der Waals surface area (Å²) in [6.45, 7) is 3.87. The number of halogens is 2. The van der Waals surface area contributed by atoms with Crippen molar-refractivity contribution < 1.29 is 27.8 Å². The molecule has 0 spiro atoms. The number of likely N-dealkylation sites (tertiary alicyclic amines) is 1. The van der Waals surface area contributed by atoms with Gasteiger partial charge in [0.05, 0.1) is 11.0 Å². The second-order valence-corrected chi connectivity index (χ2v) is 11.5. The lowest BCUT2D eigenvalue weighted by Crippen LogP contribution is -2.42. The number of alkyl halides is 2. The van der Waals surface area contributed by atoms with E-state index in [4.69, 9.17) is 10.7 Å². The quantitative estimate of drug-likeness (QED) is 0.284. The first-order chi connectivity index (χ1) is 21.1. The van der Waals surface area contributed by atoms with Crippen LogP contribution in [0.5, 0.6) is 11.5 Å². The van der Waals surface area contributed by atoms with E-state index in [1.165, 1.54) is 19.1 Å². The fraction of sp³-hybridized carbons (Fsp3) is 0.364. The number of nitrogens with zero attached hydrogens (tertiary/aromatic N) is 3. The standard InChI is InChI=1S/C33H35F2N5O4/c1-21(41)37-14-16-40-28-7-3-2-6-27(28)38-32(40)25-5-4-15-39(20-25)31(42)19-26(36)17-22-8-10-23(11-9-22)24-12-13-29-30(18-24)44-33(34,35)43-29/h2-3,6-13,18,25-26H,4-5,14-17,19-20,36H2,1H3,(H,37,41)/t25-,26-/m1/s1. The Bertz CT molecular complexity index is 1670. The number of hydrogen-bond acceptors (Lipinski definition) is 6. The number of aromatic nitrogens is 2. The number of carbonyl (C=O) groups excluding carboxylic acids is 2. The van der Waals surface area contributed by atoms with Crippen molar-refractivity contribution in [2.75, 3.05) is 19.6 Å². The van der Waals surface area contributed by atoms with Crippen LogP contribution in [0, 0.1) is 0 Å². The van der Waals surface area contributed by atoms with Crippen molar-refractivity contribution >= 4 is 22.8 Å². The monoisotopic (exact) mass is 603 g/mol. The predicted molar refractivity (Wildman–Crippen MR) is 161 cm³/mol. The van der Waals surface area contributed by atoms with E-state index in [2.05, 4.69) is 19.4 Å². The van der Waals surface area contributed by atoms with Gasteiger partial charge in [-0.25, -0.2) is 4.98 Å². The molecule has 0 unspecified atom stereocenters. The average Bonchev–Trinajstić information content (AvgIpc) is 3.52. The van der Waals surface area contributed by atoms with Gasteiger partial charge in [-0.05, 0) is 60.2 Å². The van der Waals surface area contributed by atoms with Gasteiger partial charge in [-0.1, -0.05) is 42.5 Å². The molecule has 2 aliphatic rings. The number of hydrogen-bond donors (Lipinski definition) is 2. The zero-order valence-corrected chi connectivity index (χ0v) is 24.5. The average molecular weight is 604 g/mol. The summed E-state index contributed by atoms with van der Waals surface area (Å²) < 4.78 is 38.0. The maximum atomic E-state index is 13.4. The molecule has 2 amide bonds. The highest BCUT2D eigenvalue weighted by atomic mass is 19.3. The van der Waals surface area contributed by atoms with E-state index < -0.39 is 6.29 Å².